The van der Waals surface area contributed by atoms with Crippen LogP contribution in [0.4, 0.5) is 5.69 Å². The number of nitrogens with zero attached hydrogens (tertiary/aromatic N) is 4. The fourth-order valence-corrected chi connectivity index (χ4v) is 6.01. The lowest BCUT2D eigenvalue weighted by Crippen LogP contribution is -2.52. The number of fused-ring (bicyclic) bond motifs is 3. The van der Waals surface area contributed by atoms with Crippen LogP contribution in [0.1, 0.15) is 56.0 Å². The Balaban J connectivity index is 1.52. The molecule has 2 unspecified atom stereocenters. The van der Waals surface area contributed by atoms with Crippen molar-refractivity contribution < 1.29 is 9.59 Å². The lowest BCUT2D eigenvalue weighted by atomic mass is 9.92. The first-order chi connectivity index (χ1) is 15.6. The van der Waals surface area contributed by atoms with Gasteiger partial charge in [-0.25, -0.2) is 4.98 Å². The number of aromatic nitrogens is 1. The van der Waals surface area contributed by atoms with Gasteiger partial charge in [0.25, 0.3) is 0 Å². The number of anilines is 1. The summed E-state index contributed by atoms with van der Waals surface area (Å²) < 4.78 is 0. The fourth-order valence-electron chi connectivity index (χ4n) is 5.39. The SMILES string of the molecule is CC(=O)N1CCC2CCCC(CN(C(=O)C3CC3)Cc3ccccc31)N2Cc1nccs1. The highest BCUT2D eigenvalue weighted by molar-refractivity contribution is 7.09. The van der Waals surface area contributed by atoms with Crippen molar-refractivity contribution in [3.8, 4) is 0 Å². The van der Waals surface area contributed by atoms with Gasteiger partial charge >= 0.3 is 0 Å². The summed E-state index contributed by atoms with van der Waals surface area (Å²) in [6, 6.07) is 8.85. The van der Waals surface area contributed by atoms with E-state index in [2.05, 4.69) is 20.9 Å². The molecule has 0 radical (unpaired) electrons. The molecule has 1 saturated carbocycles. The molecule has 3 aliphatic rings. The van der Waals surface area contributed by atoms with Crippen LogP contribution < -0.4 is 4.90 Å². The molecule has 1 aromatic carbocycles. The van der Waals surface area contributed by atoms with Crippen molar-refractivity contribution in [1.29, 1.82) is 0 Å². The summed E-state index contributed by atoms with van der Waals surface area (Å²) in [5.74, 6) is 0.531. The van der Waals surface area contributed by atoms with Crippen LogP contribution in [-0.4, -0.2) is 51.8 Å². The fraction of sp³-hybridized carbons (Fsp3) is 0.560. The van der Waals surface area contributed by atoms with Gasteiger partial charge in [-0.3, -0.25) is 14.5 Å². The minimum Gasteiger partial charge on any atom is -0.336 e. The molecule has 2 atom stereocenters. The minimum absolute atomic E-state index is 0.0654. The average molecular weight is 453 g/mol. The van der Waals surface area contributed by atoms with Crippen molar-refractivity contribution >= 4 is 28.8 Å². The number of hydrogen-bond donors (Lipinski definition) is 0. The van der Waals surface area contributed by atoms with E-state index in [1.54, 1.807) is 18.3 Å². The number of amides is 2. The van der Waals surface area contributed by atoms with Crippen molar-refractivity contribution in [2.45, 2.75) is 70.6 Å². The number of thiazole rings is 1. The third-order valence-electron chi connectivity index (χ3n) is 7.19. The van der Waals surface area contributed by atoms with E-state index in [4.69, 9.17) is 0 Å². The van der Waals surface area contributed by atoms with Crippen LogP contribution in [0, 0.1) is 5.92 Å². The highest BCUT2D eigenvalue weighted by atomic mass is 32.1. The Bertz CT molecular complexity index is 959. The molecular formula is C25H32N4O2S. The van der Waals surface area contributed by atoms with E-state index in [-0.39, 0.29) is 17.7 Å². The molecule has 2 bridgehead atoms. The van der Waals surface area contributed by atoms with Crippen LogP contribution >= 0.6 is 11.3 Å². The zero-order valence-corrected chi connectivity index (χ0v) is 19.6. The van der Waals surface area contributed by atoms with E-state index in [0.29, 0.717) is 25.2 Å². The summed E-state index contributed by atoms with van der Waals surface area (Å²) in [6.45, 7) is 4.51. The number of hydrogen-bond acceptors (Lipinski definition) is 5. The Morgan fingerprint density at radius 2 is 1.91 bits per heavy atom. The summed E-state index contributed by atoms with van der Waals surface area (Å²) in [5.41, 5.74) is 2.02. The van der Waals surface area contributed by atoms with Gasteiger partial charge in [-0.2, -0.15) is 0 Å². The Labute approximate surface area is 194 Å². The van der Waals surface area contributed by atoms with Gasteiger partial charge in [0.1, 0.15) is 5.01 Å². The first kappa shape index (κ1) is 21.6. The molecule has 2 amide bonds. The van der Waals surface area contributed by atoms with Crippen LogP contribution in [0.3, 0.4) is 0 Å². The summed E-state index contributed by atoms with van der Waals surface area (Å²) in [6.07, 6.45) is 8.23. The van der Waals surface area contributed by atoms with Gasteiger partial charge in [0.2, 0.25) is 11.8 Å². The second kappa shape index (κ2) is 9.32. The Morgan fingerprint density at radius 1 is 1.09 bits per heavy atom. The first-order valence-electron chi connectivity index (χ1n) is 11.9. The maximum Gasteiger partial charge on any atom is 0.226 e. The molecule has 1 aliphatic carbocycles. The molecule has 6 nitrogen and oxygen atoms in total. The predicted molar refractivity (Wildman–Crippen MR) is 126 cm³/mol. The molecule has 0 N–H and O–H groups in total. The van der Waals surface area contributed by atoms with Crippen molar-refractivity contribution in [2.75, 3.05) is 18.0 Å². The normalized spacial score (nSPS) is 24.5. The zero-order chi connectivity index (χ0) is 22.1. The molecule has 2 aromatic rings. The van der Waals surface area contributed by atoms with Crippen molar-refractivity contribution in [2.24, 2.45) is 5.92 Å². The molecular weight excluding hydrogens is 420 g/mol. The average Bonchev–Trinajstić information content (AvgIpc) is 3.51. The van der Waals surface area contributed by atoms with Crippen LogP contribution in [0.2, 0.25) is 0 Å². The highest BCUT2D eigenvalue weighted by Crippen LogP contribution is 2.35. The molecule has 2 aliphatic heterocycles. The summed E-state index contributed by atoms with van der Waals surface area (Å²) >= 11 is 1.70. The molecule has 7 heteroatoms. The predicted octanol–water partition coefficient (Wildman–Crippen LogP) is 4.06. The van der Waals surface area contributed by atoms with Gasteiger partial charge in [0, 0.05) is 61.8 Å². The van der Waals surface area contributed by atoms with Crippen LogP contribution in [0.15, 0.2) is 35.8 Å². The number of benzene rings is 1. The monoisotopic (exact) mass is 452 g/mol. The first-order valence-corrected chi connectivity index (χ1v) is 12.8. The maximum absolute atomic E-state index is 13.3. The third-order valence-corrected chi connectivity index (χ3v) is 7.96. The Kier molecular flexibility index (Phi) is 6.28. The smallest absolute Gasteiger partial charge is 0.226 e. The van der Waals surface area contributed by atoms with Crippen molar-refractivity contribution in [3.05, 3.63) is 46.4 Å². The number of rotatable bonds is 3. The van der Waals surface area contributed by atoms with Gasteiger partial charge < -0.3 is 9.80 Å². The number of piperidine rings is 1. The van der Waals surface area contributed by atoms with E-state index in [0.717, 1.165) is 61.5 Å². The van der Waals surface area contributed by atoms with Crippen molar-refractivity contribution in [1.82, 2.24) is 14.8 Å². The molecule has 1 saturated heterocycles. The second-order valence-corrected chi connectivity index (χ2v) is 10.4. The highest BCUT2D eigenvalue weighted by Gasteiger charge is 2.38. The molecule has 1 aromatic heterocycles. The molecule has 0 spiro atoms. The van der Waals surface area contributed by atoms with Gasteiger partial charge in [-0.05, 0) is 43.7 Å². The van der Waals surface area contributed by atoms with E-state index >= 15 is 0 Å². The Morgan fingerprint density at radius 3 is 2.66 bits per heavy atom. The zero-order valence-electron chi connectivity index (χ0n) is 18.8. The third kappa shape index (κ3) is 4.59. The number of carbonyl (C=O) groups is 2. The maximum atomic E-state index is 13.3. The van der Waals surface area contributed by atoms with E-state index in [1.807, 2.05) is 34.7 Å². The molecule has 5 rings (SSSR count). The number of para-hydroxylation sites is 1. The summed E-state index contributed by atoms with van der Waals surface area (Å²) in [7, 11) is 0. The van der Waals surface area contributed by atoms with E-state index in [1.165, 1.54) is 6.42 Å². The molecule has 3 heterocycles. The summed E-state index contributed by atoms with van der Waals surface area (Å²) in [4.78, 5) is 37.2. The van der Waals surface area contributed by atoms with Crippen molar-refractivity contribution in [3.63, 3.8) is 0 Å². The lowest BCUT2D eigenvalue weighted by Gasteiger charge is -2.43. The van der Waals surface area contributed by atoms with Gasteiger partial charge in [-0.15, -0.1) is 11.3 Å². The summed E-state index contributed by atoms with van der Waals surface area (Å²) in [5, 5.41) is 3.16. The van der Waals surface area contributed by atoms with E-state index < -0.39 is 0 Å². The van der Waals surface area contributed by atoms with Crippen LogP contribution in [-0.2, 0) is 22.7 Å². The molecule has 2 fully saturated rings. The second-order valence-electron chi connectivity index (χ2n) is 9.42. The molecule has 170 valence electrons. The van der Waals surface area contributed by atoms with Gasteiger partial charge in [0.15, 0.2) is 0 Å². The molecule has 32 heavy (non-hydrogen) atoms. The minimum atomic E-state index is 0.0654. The van der Waals surface area contributed by atoms with E-state index in [9.17, 15) is 9.59 Å². The standard InChI is InChI=1S/C25H32N4O2S/c1-18(30)28-13-11-21-6-4-7-22(29(21)17-24-26-12-14-32-24)16-27(25(31)19-9-10-19)15-20-5-2-3-8-23(20)28/h2-3,5,8,12,14,19,21-22H,4,6-7,9-11,13,15-17H2,1H3. The number of carbonyl (C=O) groups excluding carboxylic acids is 2. The lowest BCUT2D eigenvalue weighted by molar-refractivity contribution is -0.134. The largest absolute Gasteiger partial charge is 0.336 e. The van der Waals surface area contributed by atoms with Gasteiger partial charge in [-0.1, -0.05) is 24.6 Å². The Hall–Kier alpha value is -2.25. The van der Waals surface area contributed by atoms with Crippen LogP contribution in [0.25, 0.3) is 0 Å². The quantitative estimate of drug-likeness (QED) is 0.705. The van der Waals surface area contributed by atoms with Crippen LogP contribution in [0.5, 0.6) is 0 Å². The topological polar surface area (TPSA) is 56.8 Å². The van der Waals surface area contributed by atoms with Gasteiger partial charge in [0.05, 0.1) is 6.54 Å².